The number of nitrogens with zero attached hydrogens (tertiary/aromatic N) is 2. The fraction of sp³-hybridized carbons (Fsp3) is 0.385. The topological polar surface area (TPSA) is 25.8 Å². The van der Waals surface area contributed by atoms with E-state index in [1.54, 1.807) is 0 Å². The van der Waals surface area contributed by atoms with Crippen LogP contribution in [0.3, 0.4) is 0 Å². The van der Waals surface area contributed by atoms with E-state index in [-0.39, 0.29) is 0 Å². The van der Waals surface area contributed by atoms with Crippen LogP contribution in [0.5, 0.6) is 0 Å². The van der Waals surface area contributed by atoms with Crippen molar-refractivity contribution in [2.75, 3.05) is 0 Å². The lowest BCUT2D eigenvalue weighted by molar-refractivity contribution is 0.756. The van der Waals surface area contributed by atoms with Crippen molar-refractivity contribution in [3.05, 3.63) is 35.8 Å². The Kier molecular flexibility index (Phi) is 2.95. The number of unbranched alkanes of at least 4 members (excludes halogenated alkanes) is 1. The minimum atomic E-state index is 0.971. The van der Waals surface area contributed by atoms with Gasteiger partial charge >= 0.3 is 0 Å². The predicted octanol–water partition coefficient (Wildman–Crippen LogP) is 3.28. The minimum Gasteiger partial charge on any atom is -0.241 e. The maximum atomic E-state index is 4.60. The van der Waals surface area contributed by atoms with Gasteiger partial charge in [-0.25, -0.2) is 9.97 Å². The molecule has 0 aliphatic heterocycles. The lowest BCUT2D eigenvalue weighted by Gasteiger charge is -2.03. The zero-order chi connectivity index (χ0) is 10.7. The number of para-hydroxylation sites is 1. The molecule has 0 bridgehead atoms. The molecule has 0 fully saturated rings. The summed E-state index contributed by atoms with van der Waals surface area (Å²) < 4.78 is 0. The van der Waals surface area contributed by atoms with Crippen LogP contribution < -0.4 is 0 Å². The van der Waals surface area contributed by atoms with Gasteiger partial charge in [0.15, 0.2) is 0 Å². The number of rotatable bonds is 3. The Labute approximate surface area is 90.4 Å². The molecule has 1 aromatic heterocycles. The Morgan fingerprint density at radius 2 is 2.13 bits per heavy atom. The van der Waals surface area contributed by atoms with E-state index in [2.05, 4.69) is 35.9 Å². The molecule has 2 nitrogen and oxygen atoms in total. The molecule has 0 saturated heterocycles. The summed E-state index contributed by atoms with van der Waals surface area (Å²) in [5.74, 6) is 0.971. The first-order valence-electron chi connectivity index (χ1n) is 5.52. The van der Waals surface area contributed by atoms with Gasteiger partial charge in [-0.15, -0.1) is 0 Å². The van der Waals surface area contributed by atoms with Gasteiger partial charge in [-0.1, -0.05) is 31.5 Å². The van der Waals surface area contributed by atoms with Crippen molar-refractivity contribution in [1.82, 2.24) is 9.97 Å². The van der Waals surface area contributed by atoms with Crippen molar-refractivity contribution in [1.29, 1.82) is 0 Å². The van der Waals surface area contributed by atoms with Crippen LogP contribution in [0.25, 0.3) is 10.9 Å². The van der Waals surface area contributed by atoms with Crippen LogP contribution in [-0.4, -0.2) is 9.97 Å². The number of hydrogen-bond acceptors (Lipinski definition) is 2. The van der Waals surface area contributed by atoms with Crippen molar-refractivity contribution in [2.24, 2.45) is 0 Å². The highest BCUT2D eigenvalue weighted by Crippen LogP contribution is 2.15. The Bertz CT molecular complexity index is 463. The predicted molar refractivity (Wildman–Crippen MR) is 62.9 cm³/mol. The normalized spacial score (nSPS) is 10.8. The average molecular weight is 200 g/mol. The van der Waals surface area contributed by atoms with Gasteiger partial charge in [-0.05, 0) is 18.9 Å². The van der Waals surface area contributed by atoms with Crippen LogP contribution in [0.4, 0.5) is 0 Å². The zero-order valence-corrected chi connectivity index (χ0v) is 9.33. The summed E-state index contributed by atoms with van der Waals surface area (Å²) in [6.07, 6.45) is 5.27. The maximum Gasteiger partial charge on any atom is 0.128 e. The van der Waals surface area contributed by atoms with E-state index in [0.29, 0.717) is 0 Å². The van der Waals surface area contributed by atoms with Gasteiger partial charge in [0.2, 0.25) is 0 Å². The molecule has 0 atom stereocenters. The Morgan fingerprint density at radius 3 is 2.93 bits per heavy atom. The molecule has 0 unspecified atom stereocenters. The van der Waals surface area contributed by atoms with Crippen LogP contribution in [-0.2, 0) is 6.42 Å². The van der Waals surface area contributed by atoms with Gasteiger partial charge in [0.05, 0.1) is 5.52 Å². The molecule has 0 radical (unpaired) electrons. The number of hydrogen-bond donors (Lipinski definition) is 0. The molecule has 2 aromatic rings. The summed E-state index contributed by atoms with van der Waals surface area (Å²) in [6.45, 7) is 4.28. The molecular weight excluding hydrogens is 184 g/mol. The summed E-state index contributed by atoms with van der Waals surface area (Å²) in [5, 5.41) is 1.13. The summed E-state index contributed by atoms with van der Waals surface area (Å²) >= 11 is 0. The van der Waals surface area contributed by atoms with Gasteiger partial charge in [0.25, 0.3) is 0 Å². The lowest BCUT2D eigenvalue weighted by atomic mass is 10.1. The fourth-order valence-corrected chi connectivity index (χ4v) is 1.70. The van der Waals surface area contributed by atoms with Crippen LogP contribution in [0.2, 0.25) is 0 Å². The second-order valence-corrected chi connectivity index (χ2v) is 3.90. The van der Waals surface area contributed by atoms with Crippen molar-refractivity contribution in [3.63, 3.8) is 0 Å². The number of benzene rings is 1. The van der Waals surface area contributed by atoms with E-state index >= 15 is 0 Å². The molecular formula is C13H16N2. The largest absolute Gasteiger partial charge is 0.241 e. The Hall–Kier alpha value is -1.44. The Morgan fingerprint density at radius 1 is 1.27 bits per heavy atom. The van der Waals surface area contributed by atoms with Crippen LogP contribution >= 0.6 is 0 Å². The van der Waals surface area contributed by atoms with Crippen LogP contribution in [0, 0.1) is 6.92 Å². The molecule has 78 valence electrons. The van der Waals surface area contributed by atoms with Gasteiger partial charge in [-0.3, -0.25) is 0 Å². The zero-order valence-electron chi connectivity index (χ0n) is 9.33. The van der Waals surface area contributed by atoms with E-state index < -0.39 is 0 Å². The molecule has 0 aliphatic carbocycles. The summed E-state index contributed by atoms with van der Waals surface area (Å²) in [7, 11) is 0. The second-order valence-electron chi connectivity index (χ2n) is 3.90. The third kappa shape index (κ3) is 2.14. The van der Waals surface area contributed by atoms with E-state index in [0.717, 1.165) is 29.6 Å². The third-order valence-corrected chi connectivity index (χ3v) is 2.62. The number of aryl methyl sites for hydroxylation is 2. The summed E-state index contributed by atoms with van der Waals surface area (Å²) in [6, 6.07) is 6.21. The van der Waals surface area contributed by atoms with Crippen LogP contribution in [0.1, 0.15) is 31.2 Å². The monoisotopic (exact) mass is 200 g/mol. The SMILES string of the molecule is CCCCc1ncc2cccc(C)c2n1. The standard InChI is InChI=1S/C13H16N2/c1-3-4-8-12-14-9-11-7-5-6-10(2)13(11)15-12/h5-7,9H,3-4,8H2,1-2H3. The van der Waals surface area contributed by atoms with Crippen LogP contribution in [0.15, 0.2) is 24.4 Å². The first-order valence-corrected chi connectivity index (χ1v) is 5.52. The van der Waals surface area contributed by atoms with E-state index in [9.17, 15) is 0 Å². The lowest BCUT2D eigenvalue weighted by Crippen LogP contribution is -1.96. The quantitative estimate of drug-likeness (QED) is 0.759. The van der Waals surface area contributed by atoms with Crippen molar-refractivity contribution in [3.8, 4) is 0 Å². The van der Waals surface area contributed by atoms with Gasteiger partial charge in [-0.2, -0.15) is 0 Å². The highest BCUT2D eigenvalue weighted by Gasteiger charge is 2.01. The fourth-order valence-electron chi connectivity index (χ4n) is 1.70. The van der Waals surface area contributed by atoms with E-state index in [1.807, 2.05) is 12.3 Å². The highest BCUT2D eigenvalue weighted by molar-refractivity contribution is 5.80. The van der Waals surface area contributed by atoms with E-state index in [4.69, 9.17) is 0 Å². The maximum absolute atomic E-state index is 4.60. The average Bonchev–Trinajstić information content (AvgIpc) is 2.27. The highest BCUT2D eigenvalue weighted by atomic mass is 14.9. The first-order chi connectivity index (χ1) is 7.31. The summed E-state index contributed by atoms with van der Waals surface area (Å²) in [5.41, 5.74) is 2.33. The second kappa shape index (κ2) is 4.39. The third-order valence-electron chi connectivity index (χ3n) is 2.62. The van der Waals surface area contributed by atoms with Gasteiger partial charge in [0.1, 0.15) is 5.82 Å². The van der Waals surface area contributed by atoms with Crippen molar-refractivity contribution >= 4 is 10.9 Å². The molecule has 1 heterocycles. The number of fused-ring (bicyclic) bond motifs is 1. The molecule has 0 saturated carbocycles. The Balaban J connectivity index is 2.41. The molecule has 0 aliphatic rings. The molecule has 2 heteroatoms. The molecule has 0 N–H and O–H groups in total. The van der Waals surface area contributed by atoms with E-state index in [1.165, 1.54) is 12.0 Å². The van der Waals surface area contributed by atoms with Gasteiger partial charge < -0.3 is 0 Å². The number of aromatic nitrogens is 2. The van der Waals surface area contributed by atoms with Crippen molar-refractivity contribution in [2.45, 2.75) is 33.1 Å². The molecule has 15 heavy (non-hydrogen) atoms. The van der Waals surface area contributed by atoms with Crippen molar-refractivity contribution < 1.29 is 0 Å². The molecule has 1 aromatic carbocycles. The smallest absolute Gasteiger partial charge is 0.128 e. The molecule has 2 rings (SSSR count). The first kappa shape index (κ1) is 10.1. The minimum absolute atomic E-state index is 0.971. The molecule has 0 amide bonds. The molecule has 0 spiro atoms. The van der Waals surface area contributed by atoms with Gasteiger partial charge in [0, 0.05) is 18.0 Å². The summed E-state index contributed by atoms with van der Waals surface area (Å²) in [4.78, 5) is 8.98.